The van der Waals surface area contributed by atoms with Gasteiger partial charge in [-0.05, 0) is 62.9 Å². The minimum absolute atomic E-state index is 0.179. The lowest BCUT2D eigenvalue weighted by molar-refractivity contribution is -0.117. The SMILES string of the molecule is Cc1cc(C)c(NC(=O)Cn2nc(C3CC3)c3cnn(-c4cccc(Cl)c4)c3c2=O)c(C)c1. The van der Waals surface area contributed by atoms with Gasteiger partial charge in [-0.1, -0.05) is 35.4 Å². The van der Waals surface area contributed by atoms with Crippen molar-refractivity contribution in [2.24, 2.45) is 0 Å². The number of nitrogens with one attached hydrogen (secondary N) is 1. The standard InChI is InChI=1S/C25H24ClN5O2/c1-14-9-15(2)22(16(3)10-14)28-21(32)13-30-25(33)24-20(23(29-30)17-7-8-17)12-27-31(24)19-6-4-5-18(26)11-19/h4-6,9-12,17H,7-8,13H2,1-3H3,(H,28,32). The van der Waals surface area contributed by atoms with Gasteiger partial charge >= 0.3 is 0 Å². The second-order valence-corrected chi connectivity index (χ2v) is 9.18. The Hall–Kier alpha value is -3.45. The van der Waals surface area contributed by atoms with E-state index >= 15 is 0 Å². The zero-order chi connectivity index (χ0) is 23.3. The monoisotopic (exact) mass is 461 g/mol. The van der Waals surface area contributed by atoms with Gasteiger partial charge in [0.25, 0.3) is 5.56 Å². The van der Waals surface area contributed by atoms with Crippen molar-refractivity contribution in [2.75, 3.05) is 5.32 Å². The molecule has 0 spiro atoms. The van der Waals surface area contributed by atoms with Crippen LogP contribution in [0.1, 0.15) is 41.1 Å². The summed E-state index contributed by atoms with van der Waals surface area (Å²) in [6.45, 7) is 5.76. The molecule has 0 unspecified atom stereocenters. The molecule has 0 atom stereocenters. The molecule has 7 nitrogen and oxygen atoms in total. The van der Waals surface area contributed by atoms with Crippen molar-refractivity contribution < 1.29 is 4.79 Å². The smallest absolute Gasteiger partial charge is 0.293 e. The average Bonchev–Trinajstić information content (AvgIpc) is 3.50. The molecule has 1 aliphatic rings. The van der Waals surface area contributed by atoms with E-state index in [-0.39, 0.29) is 23.9 Å². The molecule has 8 heteroatoms. The van der Waals surface area contributed by atoms with Gasteiger partial charge in [0.15, 0.2) is 0 Å². The number of hydrogen-bond acceptors (Lipinski definition) is 4. The summed E-state index contributed by atoms with van der Waals surface area (Å²) in [7, 11) is 0. The van der Waals surface area contributed by atoms with Crippen LogP contribution >= 0.6 is 11.6 Å². The molecule has 1 aliphatic carbocycles. The molecule has 0 bridgehead atoms. The van der Waals surface area contributed by atoms with E-state index in [2.05, 4.69) is 15.5 Å². The molecule has 0 saturated heterocycles. The predicted octanol–water partition coefficient (Wildman–Crippen LogP) is 4.68. The molecule has 33 heavy (non-hydrogen) atoms. The second-order valence-electron chi connectivity index (χ2n) is 8.74. The number of aryl methyl sites for hydroxylation is 3. The van der Waals surface area contributed by atoms with Crippen molar-refractivity contribution in [1.29, 1.82) is 0 Å². The minimum Gasteiger partial charge on any atom is -0.324 e. The van der Waals surface area contributed by atoms with Crippen LogP contribution in [0, 0.1) is 20.8 Å². The molecule has 4 aromatic rings. The van der Waals surface area contributed by atoms with E-state index in [0.717, 1.165) is 46.3 Å². The molecule has 168 valence electrons. The third-order valence-electron chi connectivity index (χ3n) is 5.96. The van der Waals surface area contributed by atoms with Crippen molar-refractivity contribution in [3.05, 3.63) is 80.4 Å². The number of halogens is 1. The Morgan fingerprint density at radius 1 is 1.15 bits per heavy atom. The Kier molecular flexibility index (Phi) is 5.29. The summed E-state index contributed by atoms with van der Waals surface area (Å²) in [5, 5.41) is 13.3. The fraction of sp³-hybridized carbons (Fsp3) is 0.280. The summed E-state index contributed by atoms with van der Waals surface area (Å²) in [5.41, 5.74) is 5.41. The number of carbonyl (C=O) groups is 1. The lowest BCUT2D eigenvalue weighted by Crippen LogP contribution is -2.31. The quantitative estimate of drug-likeness (QED) is 0.468. The van der Waals surface area contributed by atoms with Crippen LogP contribution < -0.4 is 10.9 Å². The van der Waals surface area contributed by atoms with Crippen LogP contribution in [-0.2, 0) is 11.3 Å². The molecule has 1 amide bonds. The Morgan fingerprint density at radius 3 is 2.55 bits per heavy atom. The summed E-state index contributed by atoms with van der Waals surface area (Å²) in [6.07, 6.45) is 3.70. The maximum Gasteiger partial charge on any atom is 0.293 e. The van der Waals surface area contributed by atoms with Crippen molar-refractivity contribution >= 4 is 34.1 Å². The third-order valence-corrected chi connectivity index (χ3v) is 6.20. The molecule has 0 radical (unpaired) electrons. The minimum atomic E-state index is -0.362. The Morgan fingerprint density at radius 2 is 1.88 bits per heavy atom. The van der Waals surface area contributed by atoms with E-state index in [1.807, 2.05) is 45.0 Å². The first-order chi connectivity index (χ1) is 15.8. The highest BCUT2D eigenvalue weighted by atomic mass is 35.5. The zero-order valence-corrected chi connectivity index (χ0v) is 19.5. The molecule has 1 fully saturated rings. The first-order valence-corrected chi connectivity index (χ1v) is 11.3. The van der Waals surface area contributed by atoms with Crippen molar-refractivity contribution in [3.63, 3.8) is 0 Å². The van der Waals surface area contributed by atoms with E-state index in [1.54, 1.807) is 23.0 Å². The van der Waals surface area contributed by atoms with E-state index in [9.17, 15) is 9.59 Å². The lowest BCUT2D eigenvalue weighted by Gasteiger charge is -2.14. The molecule has 0 aliphatic heterocycles. The van der Waals surface area contributed by atoms with Crippen LogP contribution in [0.15, 0.2) is 47.4 Å². The Bertz CT molecular complexity index is 1440. The highest BCUT2D eigenvalue weighted by Crippen LogP contribution is 2.41. The molecule has 2 aromatic heterocycles. The fourth-order valence-electron chi connectivity index (χ4n) is 4.35. The van der Waals surface area contributed by atoms with Gasteiger partial charge in [0.1, 0.15) is 12.1 Å². The predicted molar refractivity (Wildman–Crippen MR) is 129 cm³/mol. The Labute approximate surface area is 196 Å². The van der Waals surface area contributed by atoms with Crippen LogP contribution in [0.5, 0.6) is 0 Å². The van der Waals surface area contributed by atoms with Crippen LogP contribution in [0.2, 0.25) is 5.02 Å². The van der Waals surface area contributed by atoms with Gasteiger partial charge < -0.3 is 5.32 Å². The van der Waals surface area contributed by atoms with Crippen LogP contribution in [0.3, 0.4) is 0 Å². The normalized spacial score (nSPS) is 13.5. The number of amides is 1. The number of nitrogens with zero attached hydrogens (tertiary/aromatic N) is 4. The van der Waals surface area contributed by atoms with Crippen molar-refractivity contribution in [3.8, 4) is 5.69 Å². The van der Waals surface area contributed by atoms with Gasteiger partial charge in [0.05, 0.1) is 17.6 Å². The summed E-state index contributed by atoms with van der Waals surface area (Å²) >= 11 is 6.17. The summed E-state index contributed by atoms with van der Waals surface area (Å²) in [6, 6.07) is 11.2. The van der Waals surface area contributed by atoms with Gasteiger partial charge in [-0.15, -0.1) is 0 Å². The molecule has 2 aromatic carbocycles. The maximum absolute atomic E-state index is 13.5. The summed E-state index contributed by atoms with van der Waals surface area (Å²) in [4.78, 5) is 26.4. The topological polar surface area (TPSA) is 81.8 Å². The second kappa shape index (κ2) is 8.15. The van der Waals surface area contributed by atoms with Crippen LogP contribution in [0.4, 0.5) is 5.69 Å². The van der Waals surface area contributed by atoms with E-state index in [0.29, 0.717) is 16.2 Å². The van der Waals surface area contributed by atoms with E-state index in [1.165, 1.54) is 4.68 Å². The highest BCUT2D eigenvalue weighted by molar-refractivity contribution is 6.30. The van der Waals surface area contributed by atoms with Crippen molar-refractivity contribution in [1.82, 2.24) is 19.6 Å². The lowest BCUT2D eigenvalue weighted by atomic mass is 10.1. The van der Waals surface area contributed by atoms with E-state index < -0.39 is 0 Å². The fourth-order valence-corrected chi connectivity index (χ4v) is 4.54. The van der Waals surface area contributed by atoms with E-state index in [4.69, 9.17) is 11.6 Å². The van der Waals surface area contributed by atoms with Gasteiger partial charge in [-0.2, -0.15) is 10.2 Å². The molecule has 1 N–H and O–H groups in total. The van der Waals surface area contributed by atoms with Gasteiger partial charge in [-0.25, -0.2) is 9.36 Å². The third kappa shape index (κ3) is 4.04. The largest absolute Gasteiger partial charge is 0.324 e. The molecular weight excluding hydrogens is 438 g/mol. The number of fused-ring (bicyclic) bond motifs is 1. The first-order valence-electron chi connectivity index (χ1n) is 10.9. The number of carbonyl (C=O) groups excluding carboxylic acids is 1. The summed E-state index contributed by atoms with van der Waals surface area (Å²) < 4.78 is 2.84. The zero-order valence-electron chi connectivity index (χ0n) is 18.7. The maximum atomic E-state index is 13.5. The average molecular weight is 462 g/mol. The number of hydrogen-bond donors (Lipinski definition) is 1. The molecule has 5 rings (SSSR count). The number of rotatable bonds is 5. The van der Waals surface area contributed by atoms with Crippen molar-refractivity contribution in [2.45, 2.75) is 46.1 Å². The number of anilines is 1. The molecule has 1 saturated carbocycles. The van der Waals surface area contributed by atoms with Crippen LogP contribution in [-0.4, -0.2) is 25.5 Å². The van der Waals surface area contributed by atoms with Gasteiger partial charge in [0, 0.05) is 22.0 Å². The van der Waals surface area contributed by atoms with Gasteiger partial charge in [0.2, 0.25) is 5.91 Å². The van der Waals surface area contributed by atoms with Gasteiger partial charge in [-0.3, -0.25) is 9.59 Å². The summed E-state index contributed by atoms with van der Waals surface area (Å²) in [5.74, 6) is -0.0180. The Balaban J connectivity index is 1.56. The number of aromatic nitrogens is 4. The molecule has 2 heterocycles. The molecular formula is C25H24ClN5O2. The van der Waals surface area contributed by atoms with Crippen LogP contribution in [0.25, 0.3) is 16.6 Å². The highest BCUT2D eigenvalue weighted by Gasteiger charge is 2.30. The number of benzene rings is 2. The first kappa shape index (κ1) is 21.4.